The summed E-state index contributed by atoms with van der Waals surface area (Å²) in [6.07, 6.45) is -0.247. The minimum absolute atomic E-state index is 0.159. The Morgan fingerprint density at radius 1 is 1.15 bits per heavy atom. The van der Waals surface area contributed by atoms with Gasteiger partial charge in [-0.3, -0.25) is 0 Å². The predicted octanol–water partition coefficient (Wildman–Crippen LogP) is 3.76. The van der Waals surface area contributed by atoms with Crippen molar-refractivity contribution < 1.29 is 9.47 Å². The van der Waals surface area contributed by atoms with Gasteiger partial charge in [0.2, 0.25) is 0 Å². The molecule has 3 nitrogen and oxygen atoms in total. The van der Waals surface area contributed by atoms with E-state index in [2.05, 4.69) is 24.4 Å². The maximum absolute atomic E-state index is 6.21. The molecule has 0 aromatic heterocycles. The van der Waals surface area contributed by atoms with E-state index in [-0.39, 0.29) is 12.3 Å². The lowest BCUT2D eigenvalue weighted by Gasteiger charge is -2.20. The first-order valence-corrected chi connectivity index (χ1v) is 7.00. The van der Waals surface area contributed by atoms with E-state index in [1.165, 1.54) is 10.9 Å². The normalized spacial score (nSPS) is 13.1. The van der Waals surface area contributed by atoms with Crippen LogP contribution in [0.3, 0.4) is 0 Å². The highest BCUT2D eigenvalue weighted by atomic mass is 35.5. The number of methoxy groups -OCH3 is 2. The molecule has 0 spiro atoms. The van der Waals surface area contributed by atoms with Crippen LogP contribution in [0.1, 0.15) is 18.5 Å². The lowest BCUT2D eigenvalue weighted by molar-refractivity contribution is -0.0997. The first-order valence-electron chi connectivity index (χ1n) is 6.63. The van der Waals surface area contributed by atoms with Gasteiger partial charge in [-0.15, -0.1) is 0 Å². The highest BCUT2D eigenvalue weighted by molar-refractivity contribution is 6.31. The molecule has 1 atom stereocenters. The van der Waals surface area contributed by atoms with Crippen molar-refractivity contribution in [1.82, 2.24) is 5.32 Å². The molecular formula is C16H20ClNO2. The molecular weight excluding hydrogens is 274 g/mol. The van der Waals surface area contributed by atoms with Gasteiger partial charge in [-0.05, 0) is 35.4 Å². The maximum atomic E-state index is 6.21. The summed E-state index contributed by atoms with van der Waals surface area (Å²) in [6.45, 7) is 2.73. The van der Waals surface area contributed by atoms with Crippen molar-refractivity contribution in [3.8, 4) is 0 Å². The molecule has 0 radical (unpaired) electrons. The fraction of sp³-hybridized carbons (Fsp3) is 0.375. The topological polar surface area (TPSA) is 30.5 Å². The lowest BCUT2D eigenvalue weighted by atomic mass is 9.99. The zero-order chi connectivity index (χ0) is 14.5. The third kappa shape index (κ3) is 3.49. The van der Waals surface area contributed by atoms with Crippen LogP contribution >= 0.6 is 11.6 Å². The van der Waals surface area contributed by atoms with E-state index in [1.54, 1.807) is 14.2 Å². The van der Waals surface area contributed by atoms with Crippen molar-refractivity contribution in [2.24, 2.45) is 0 Å². The minimum atomic E-state index is -0.247. The molecule has 2 rings (SSSR count). The molecule has 0 saturated heterocycles. The average Bonchev–Trinajstić information content (AvgIpc) is 2.47. The van der Waals surface area contributed by atoms with E-state index in [9.17, 15) is 0 Å². The molecule has 4 heteroatoms. The van der Waals surface area contributed by atoms with Crippen LogP contribution in [-0.2, 0) is 9.47 Å². The molecule has 20 heavy (non-hydrogen) atoms. The molecule has 0 saturated carbocycles. The number of nitrogens with one attached hydrogen (secondary N) is 1. The SMILES string of the molecule is COC(CN[C@@H](C)c1cc(Cl)cc2ccccc12)OC. The van der Waals surface area contributed by atoms with Gasteiger partial charge in [-0.25, -0.2) is 0 Å². The van der Waals surface area contributed by atoms with Crippen molar-refractivity contribution in [1.29, 1.82) is 0 Å². The van der Waals surface area contributed by atoms with E-state index in [0.717, 1.165) is 10.4 Å². The Balaban J connectivity index is 2.23. The molecule has 0 aliphatic heterocycles. The number of fused-ring (bicyclic) bond motifs is 1. The summed E-state index contributed by atoms with van der Waals surface area (Å²) < 4.78 is 10.4. The molecule has 0 unspecified atom stereocenters. The molecule has 108 valence electrons. The quantitative estimate of drug-likeness (QED) is 0.823. The molecule has 2 aromatic rings. The highest BCUT2D eigenvalue weighted by Crippen LogP contribution is 2.28. The minimum Gasteiger partial charge on any atom is -0.355 e. The molecule has 1 N–H and O–H groups in total. The zero-order valence-electron chi connectivity index (χ0n) is 12.0. The van der Waals surface area contributed by atoms with Crippen LogP contribution in [0.2, 0.25) is 5.02 Å². The van der Waals surface area contributed by atoms with Crippen molar-refractivity contribution >= 4 is 22.4 Å². The fourth-order valence-electron chi connectivity index (χ4n) is 2.31. The van der Waals surface area contributed by atoms with Crippen molar-refractivity contribution in [2.75, 3.05) is 20.8 Å². The number of rotatable bonds is 6. The number of hydrogen-bond donors (Lipinski definition) is 1. The lowest BCUT2D eigenvalue weighted by Crippen LogP contribution is -2.31. The Hall–Kier alpha value is -1.13. The molecule has 0 aliphatic carbocycles. The summed E-state index contributed by atoms with van der Waals surface area (Å²) in [7, 11) is 3.27. The van der Waals surface area contributed by atoms with Gasteiger partial charge in [0.15, 0.2) is 6.29 Å². The Morgan fingerprint density at radius 3 is 2.55 bits per heavy atom. The maximum Gasteiger partial charge on any atom is 0.169 e. The summed E-state index contributed by atoms with van der Waals surface area (Å²) >= 11 is 6.21. The molecule has 0 fully saturated rings. The van der Waals surface area contributed by atoms with Crippen LogP contribution in [0.4, 0.5) is 0 Å². The first-order chi connectivity index (χ1) is 9.65. The van der Waals surface area contributed by atoms with E-state index in [0.29, 0.717) is 6.54 Å². The molecule has 0 amide bonds. The van der Waals surface area contributed by atoms with E-state index < -0.39 is 0 Å². The van der Waals surface area contributed by atoms with E-state index >= 15 is 0 Å². The second kappa shape index (κ2) is 7.04. The zero-order valence-corrected chi connectivity index (χ0v) is 12.8. The number of hydrogen-bond acceptors (Lipinski definition) is 3. The molecule has 0 heterocycles. The second-order valence-corrected chi connectivity index (χ2v) is 5.18. The first kappa shape index (κ1) is 15.3. The van der Waals surface area contributed by atoms with Crippen molar-refractivity contribution in [3.63, 3.8) is 0 Å². The van der Waals surface area contributed by atoms with Gasteiger partial charge in [0.1, 0.15) is 0 Å². The van der Waals surface area contributed by atoms with Gasteiger partial charge in [-0.1, -0.05) is 35.9 Å². The number of halogens is 1. The Morgan fingerprint density at radius 2 is 1.85 bits per heavy atom. The average molecular weight is 294 g/mol. The Bertz CT molecular complexity index is 569. The monoisotopic (exact) mass is 293 g/mol. The highest BCUT2D eigenvalue weighted by Gasteiger charge is 2.12. The van der Waals surface area contributed by atoms with Crippen LogP contribution in [0.15, 0.2) is 36.4 Å². The standard InChI is InChI=1S/C16H20ClNO2/c1-11(18-10-16(19-2)20-3)15-9-13(17)8-12-6-4-5-7-14(12)15/h4-9,11,16,18H,10H2,1-3H3/t11-/m0/s1. The fourth-order valence-corrected chi connectivity index (χ4v) is 2.54. The molecule has 0 bridgehead atoms. The number of ether oxygens (including phenoxy) is 2. The van der Waals surface area contributed by atoms with Crippen LogP contribution in [0.5, 0.6) is 0 Å². The smallest absolute Gasteiger partial charge is 0.169 e. The van der Waals surface area contributed by atoms with Crippen molar-refractivity contribution in [2.45, 2.75) is 19.3 Å². The second-order valence-electron chi connectivity index (χ2n) is 4.75. The summed E-state index contributed by atoms with van der Waals surface area (Å²) in [5.41, 5.74) is 1.18. The number of benzene rings is 2. The molecule has 0 aliphatic rings. The summed E-state index contributed by atoms with van der Waals surface area (Å²) in [4.78, 5) is 0. The summed E-state index contributed by atoms with van der Waals surface area (Å²) in [5.74, 6) is 0. The van der Waals surface area contributed by atoms with Gasteiger partial charge >= 0.3 is 0 Å². The summed E-state index contributed by atoms with van der Waals surface area (Å²) in [6, 6.07) is 12.4. The largest absolute Gasteiger partial charge is 0.355 e. The Labute approximate surface area is 124 Å². The van der Waals surface area contributed by atoms with Gasteiger partial charge in [0.25, 0.3) is 0 Å². The van der Waals surface area contributed by atoms with Gasteiger partial charge in [0, 0.05) is 31.8 Å². The van der Waals surface area contributed by atoms with Gasteiger partial charge in [-0.2, -0.15) is 0 Å². The predicted molar refractivity (Wildman–Crippen MR) is 83.2 cm³/mol. The molecule has 2 aromatic carbocycles. The van der Waals surface area contributed by atoms with E-state index in [1.807, 2.05) is 24.3 Å². The van der Waals surface area contributed by atoms with Crippen LogP contribution in [-0.4, -0.2) is 27.1 Å². The Kier molecular flexibility index (Phi) is 5.38. The van der Waals surface area contributed by atoms with Crippen molar-refractivity contribution in [3.05, 3.63) is 47.0 Å². The third-order valence-corrected chi connectivity index (χ3v) is 3.66. The van der Waals surface area contributed by atoms with Crippen LogP contribution in [0, 0.1) is 0 Å². The van der Waals surface area contributed by atoms with Gasteiger partial charge in [0.05, 0.1) is 0 Å². The van der Waals surface area contributed by atoms with Crippen LogP contribution in [0.25, 0.3) is 10.8 Å². The van der Waals surface area contributed by atoms with Crippen LogP contribution < -0.4 is 5.32 Å². The van der Waals surface area contributed by atoms with Gasteiger partial charge < -0.3 is 14.8 Å². The van der Waals surface area contributed by atoms with E-state index in [4.69, 9.17) is 21.1 Å². The summed E-state index contributed by atoms with van der Waals surface area (Å²) in [5, 5.41) is 6.53. The third-order valence-electron chi connectivity index (χ3n) is 3.44.